The second kappa shape index (κ2) is 6.42. The predicted molar refractivity (Wildman–Crippen MR) is 95.2 cm³/mol. The van der Waals surface area contributed by atoms with E-state index >= 15 is 0 Å². The number of halogens is 2. The van der Waals surface area contributed by atoms with Gasteiger partial charge in [0.1, 0.15) is 6.17 Å². The topological polar surface area (TPSA) is 32.3 Å². The van der Waals surface area contributed by atoms with Gasteiger partial charge in [-0.1, -0.05) is 48.3 Å². The van der Waals surface area contributed by atoms with Crippen molar-refractivity contribution >= 4 is 34.8 Å². The minimum Gasteiger partial charge on any atom is -0.361 e. The fourth-order valence-corrected chi connectivity index (χ4v) is 3.51. The first-order chi connectivity index (χ1) is 11.0. The van der Waals surface area contributed by atoms with Crippen molar-refractivity contribution in [3.63, 3.8) is 0 Å². The Hall–Kier alpha value is -1.71. The van der Waals surface area contributed by atoms with Gasteiger partial charge in [0.05, 0.1) is 5.56 Å². The fourth-order valence-electron chi connectivity index (χ4n) is 2.90. The number of hydrogen-bond donors (Lipinski definition) is 1. The summed E-state index contributed by atoms with van der Waals surface area (Å²) in [4.78, 5) is 14.9. The third kappa shape index (κ3) is 2.79. The first kappa shape index (κ1) is 16.2. The number of fused-ring (bicyclic) bond motifs is 1. The minimum atomic E-state index is -0.381. The van der Waals surface area contributed by atoms with Crippen LogP contribution in [-0.2, 0) is 0 Å². The molecule has 2 aromatic carbocycles. The SMILES string of the molecule is CCC(C)N1C(=O)c2ccccc2NC1c1c(Cl)cccc1Cl. The third-order valence-corrected chi connectivity index (χ3v) is 4.96. The first-order valence-corrected chi connectivity index (χ1v) is 8.42. The van der Waals surface area contributed by atoms with Crippen LogP contribution in [0.1, 0.15) is 42.4 Å². The number of anilines is 1. The summed E-state index contributed by atoms with van der Waals surface area (Å²) in [6.45, 7) is 4.09. The maximum absolute atomic E-state index is 13.0. The molecular weight excluding hydrogens is 331 g/mol. The quantitative estimate of drug-likeness (QED) is 0.809. The Morgan fingerprint density at radius 3 is 2.43 bits per heavy atom. The van der Waals surface area contributed by atoms with E-state index in [-0.39, 0.29) is 18.1 Å². The fraction of sp³-hybridized carbons (Fsp3) is 0.278. The highest BCUT2D eigenvalue weighted by molar-refractivity contribution is 6.36. The van der Waals surface area contributed by atoms with E-state index in [1.807, 2.05) is 36.1 Å². The zero-order valence-electron chi connectivity index (χ0n) is 13.0. The lowest BCUT2D eigenvalue weighted by molar-refractivity contribution is 0.0594. The Labute approximate surface area is 146 Å². The van der Waals surface area contributed by atoms with Crippen molar-refractivity contribution in [3.05, 3.63) is 63.6 Å². The molecule has 5 heteroatoms. The number of hydrogen-bond acceptors (Lipinski definition) is 2. The highest BCUT2D eigenvalue weighted by Gasteiger charge is 2.37. The summed E-state index contributed by atoms with van der Waals surface area (Å²) in [7, 11) is 0. The molecule has 0 radical (unpaired) electrons. The molecule has 3 nitrogen and oxygen atoms in total. The van der Waals surface area contributed by atoms with Crippen molar-refractivity contribution in [2.75, 3.05) is 5.32 Å². The van der Waals surface area contributed by atoms with Crippen molar-refractivity contribution in [2.45, 2.75) is 32.5 Å². The molecule has 2 unspecified atom stereocenters. The lowest BCUT2D eigenvalue weighted by Crippen LogP contribution is -2.47. The van der Waals surface area contributed by atoms with Crippen LogP contribution in [0.3, 0.4) is 0 Å². The first-order valence-electron chi connectivity index (χ1n) is 7.66. The summed E-state index contributed by atoms with van der Waals surface area (Å²) in [5.74, 6) is -0.00492. The van der Waals surface area contributed by atoms with Crippen LogP contribution in [0.15, 0.2) is 42.5 Å². The molecule has 0 aliphatic carbocycles. The van der Waals surface area contributed by atoms with Crippen molar-refractivity contribution in [1.29, 1.82) is 0 Å². The summed E-state index contributed by atoms with van der Waals surface area (Å²) >= 11 is 12.8. The smallest absolute Gasteiger partial charge is 0.258 e. The molecule has 0 aromatic heterocycles. The Morgan fingerprint density at radius 2 is 1.78 bits per heavy atom. The van der Waals surface area contributed by atoms with Gasteiger partial charge in [-0.15, -0.1) is 0 Å². The van der Waals surface area contributed by atoms with E-state index < -0.39 is 0 Å². The van der Waals surface area contributed by atoms with Crippen LogP contribution in [0.25, 0.3) is 0 Å². The van der Waals surface area contributed by atoms with Crippen molar-refractivity contribution in [2.24, 2.45) is 0 Å². The van der Waals surface area contributed by atoms with Gasteiger partial charge in [0.15, 0.2) is 0 Å². The molecule has 0 fully saturated rings. The highest BCUT2D eigenvalue weighted by atomic mass is 35.5. The highest BCUT2D eigenvalue weighted by Crippen LogP contribution is 2.40. The maximum Gasteiger partial charge on any atom is 0.258 e. The number of carbonyl (C=O) groups is 1. The van der Waals surface area contributed by atoms with E-state index in [2.05, 4.69) is 12.2 Å². The number of benzene rings is 2. The average Bonchev–Trinajstić information content (AvgIpc) is 2.54. The maximum atomic E-state index is 13.0. The Balaban J connectivity index is 2.16. The Bertz CT molecular complexity index is 727. The van der Waals surface area contributed by atoms with Gasteiger partial charge < -0.3 is 10.2 Å². The Kier molecular flexibility index (Phi) is 4.51. The van der Waals surface area contributed by atoms with Crippen LogP contribution in [0.4, 0.5) is 5.69 Å². The van der Waals surface area contributed by atoms with E-state index in [1.165, 1.54) is 0 Å². The van der Waals surface area contributed by atoms with Gasteiger partial charge >= 0.3 is 0 Å². The molecule has 0 bridgehead atoms. The van der Waals surface area contributed by atoms with Crippen LogP contribution in [-0.4, -0.2) is 16.8 Å². The lowest BCUT2D eigenvalue weighted by atomic mass is 10.0. The average molecular weight is 349 g/mol. The minimum absolute atomic E-state index is 0.00492. The molecule has 1 aliphatic rings. The van der Waals surface area contributed by atoms with E-state index in [0.29, 0.717) is 15.6 Å². The van der Waals surface area contributed by atoms with Gasteiger partial charge in [0.25, 0.3) is 5.91 Å². The lowest BCUT2D eigenvalue weighted by Gasteiger charge is -2.42. The second-order valence-corrected chi connectivity index (χ2v) is 6.51. The van der Waals surface area contributed by atoms with Gasteiger partial charge in [-0.2, -0.15) is 0 Å². The van der Waals surface area contributed by atoms with Gasteiger partial charge in [-0.25, -0.2) is 0 Å². The van der Waals surface area contributed by atoms with Crippen LogP contribution < -0.4 is 5.32 Å². The van der Waals surface area contributed by atoms with Gasteiger partial charge in [0, 0.05) is 27.3 Å². The monoisotopic (exact) mass is 348 g/mol. The largest absolute Gasteiger partial charge is 0.361 e. The number of carbonyl (C=O) groups excluding carboxylic acids is 1. The van der Waals surface area contributed by atoms with Crippen molar-refractivity contribution in [3.8, 4) is 0 Å². The summed E-state index contributed by atoms with van der Waals surface area (Å²) in [6.07, 6.45) is 0.460. The molecule has 1 aliphatic heterocycles. The van der Waals surface area contributed by atoms with Crippen LogP contribution in [0.5, 0.6) is 0 Å². The molecule has 0 spiro atoms. The van der Waals surface area contributed by atoms with E-state index in [4.69, 9.17) is 23.2 Å². The third-order valence-electron chi connectivity index (χ3n) is 4.30. The molecule has 2 aromatic rings. The van der Waals surface area contributed by atoms with Gasteiger partial charge in [-0.3, -0.25) is 4.79 Å². The summed E-state index contributed by atoms with van der Waals surface area (Å²) in [5.41, 5.74) is 2.21. The molecule has 23 heavy (non-hydrogen) atoms. The normalized spacial score (nSPS) is 18.3. The molecule has 0 saturated carbocycles. The number of para-hydroxylation sites is 1. The second-order valence-electron chi connectivity index (χ2n) is 5.70. The van der Waals surface area contributed by atoms with Crippen molar-refractivity contribution in [1.82, 2.24) is 4.90 Å². The molecule has 1 heterocycles. The van der Waals surface area contributed by atoms with Crippen LogP contribution in [0.2, 0.25) is 10.0 Å². The van der Waals surface area contributed by atoms with E-state index in [9.17, 15) is 4.79 Å². The van der Waals surface area contributed by atoms with Crippen LogP contribution in [0, 0.1) is 0 Å². The standard InChI is InChI=1S/C18H18Cl2N2O/c1-3-11(2)22-17(16-13(19)8-6-9-14(16)20)21-15-10-5-4-7-12(15)18(22)23/h4-11,17,21H,3H2,1-2H3. The molecule has 2 atom stereocenters. The summed E-state index contributed by atoms with van der Waals surface area (Å²) in [5, 5.41) is 4.53. The predicted octanol–water partition coefficient (Wildman–Crippen LogP) is 5.36. The van der Waals surface area contributed by atoms with E-state index in [1.54, 1.807) is 18.2 Å². The zero-order chi connectivity index (χ0) is 16.6. The number of nitrogens with one attached hydrogen (secondary N) is 1. The zero-order valence-corrected chi connectivity index (χ0v) is 14.5. The molecular formula is C18H18Cl2N2O. The Morgan fingerprint density at radius 1 is 1.13 bits per heavy atom. The van der Waals surface area contributed by atoms with Crippen LogP contribution >= 0.6 is 23.2 Å². The molecule has 120 valence electrons. The van der Waals surface area contributed by atoms with E-state index in [0.717, 1.165) is 17.7 Å². The molecule has 0 saturated heterocycles. The summed E-state index contributed by atoms with van der Waals surface area (Å²) < 4.78 is 0. The molecule has 1 amide bonds. The number of nitrogens with zero attached hydrogens (tertiary/aromatic N) is 1. The number of rotatable bonds is 3. The molecule has 1 N–H and O–H groups in total. The van der Waals surface area contributed by atoms with Gasteiger partial charge in [0.2, 0.25) is 0 Å². The summed E-state index contributed by atoms with van der Waals surface area (Å²) in [6, 6.07) is 13.0. The van der Waals surface area contributed by atoms with Gasteiger partial charge in [-0.05, 0) is 37.6 Å². The molecule has 3 rings (SSSR count). The number of amides is 1. The van der Waals surface area contributed by atoms with Crippen molar-refractivity contribution < 1.29 is 4.79 Å².